The van der Waals surface area contributed by atoms with Crippen molar-refractivity contribution in [1.29, 1.82) is 0 Å². The van der Waals surface area contributed by atoms with Crippen molar-refractivity contribution in [2.24, 2.45) is 0 Å². The van der Waals surface area contributed by atoms with Gasteiger partial charge in [-0.1, -0.05) is 48.5 Å². The van der Waals surface area contributed by atoms with Crippen LogP contribution in [0.15, 0.2) is 72.8 Å². The van der Waals surface area contributed by atoms with Crippen molar-refractivity contribution in [2.45, 2.75) is 20.4 Å². The monoisotopic (exact) mass is 388 g/mol. The molecule has 0 aliphatic heterocycles. The molecule has 0 radical (unpaired) electrons. The zero-order chi connectivity index (χ0) is 20.6. The predicted molar refractivity (Wildman–Crippen MR) is 114 cm³/mol. The summed E-state index contributed by atoms with van der Waals surface area (Å²) in [6, 6.07) is 22.3. The lowest BCUT2D eigenvalue weighted by molar-refractivity contribution is -0.118. The Balaban J connectivity index is 1.50. The number of para-hydroxylation sites is 1. The fourth-order valence-electron chi connectivity index (χ4n) is 2.95. The molecule has 148 valence electrons. The van der Waals surface area contributed by atoms with E-state index in [2.05, 4.69) is 10.6 Å². The molecule has 2 amide bonds. The van der Waals surface area contributed by atoms with Gasteiger partial charge in [-0.2, -0.15) is 0 Å². The van der Waals surface area contributed by atoms with Gasteiger partial charge in [0.1, 0.15) is 5.75 Å². The molecular formula is C24H24N2O3. The van der Waals surface area contributed by atoms with Gasteiger partial charge in [-0.3, -0.25) is 9.59 Å². The maximum absolute atomic E-state index is 12.3. The van der Waals surface area contributed by atoms with Crippen LogP contribution in [0.2, 0.25) is 0 Å². The molecule has 0 aromatic heterocycles. The Morgan fingerprint density at radius 2 is 1.48 bits per heavy atom. The molecule has 0 atom stereocenters. The first-order valence-corrected chi connectivity index (χ1v) is 9.44. The van der Waals surface area contributed by atoms with E-state index in [1.807, 2.05) is 62.4 Å². The standard InChI is InChI=1S/C24H24N2O3/c1-17-7-6-8-18(2)23(17)29-16-22(27)26-21-13-11-20(12-14-21)24(28)25-15-19-9-4-3-5-10-19/h3-14H,15-16H2,1-2H3,(H,25,28)(H,26,27). The molecule has 0 saturated heterocycles. The van der Waals surface area contributed by atoms with Crippen LogP contribution < -0.4 is 15.4 Å². The van der Waals surface area contributed by atoms with Crippen LogP contribution in [0.5, 0.6) is 5.75 Å². The maximum Gasteiger partial charge on any atom is 0.262 e. The van der Waals surface area contributed by atoms with Crippen molar-refractivity contribution in [3.8, 4) is 5.75 Å². The van der Waals surface area contributed by atoms with Crippen molar-refractivity contribution in [2.75, 3.05) is 11.9 Å². The summed E-state index contributed by atoms with van der Waals surface area (Å²) < 4.78 is 5.66. The molecule has 0 bridgehead atoms. The summed E-state index contributed by atoms with van der Waals surface area (Å²) in [5, 5.41) is 5.66. The van der Waals surface area contributed by atoms with Crippen LogP contribution in [-0.4, -0.2) is 18.4 Å². The number of aryl methyl sites for hydroxylation is 2. The zero-order valence-corrected chi connectivity index (χ0v) is 16.6. The minimum atomic E-state index is -0.256. The fourth-order valence-corrected chi connectivity index (χ4v) is 2.95. The molecular weight excluding hydrogens is 364 g/mol. The maximum atomic E-state index is 12.3. The molecule has 3 aromatic carbocycles. The van der Waals surface area contributed by atoms with Gasteiger partial charge in [0.15, 0.2) is 6.61 Å². The number of carbonyl (C=O) groups excluding carboxylic acids is 2. The van der Waals surface area contributed by atoms with Gasteiger partial charge in [0.2, 0.25) is 0 Å². The van der Waals surface area contributed by atoms with Gasteiger partial charge in [0, 0.05) is 17.8 Å². The predicted octanol–water partition coefficient (Wildman–Crippen LogP) is 4.25. The van der Waals surface area contributed by atoms with Crippen molar-refractivity contribution in [3.05, 3.63) is 95.1 Å². The van der Waals surface area contributed by atoms with E-state index in [4.69, 9.17) is 4.74 Å². The molecule has 5 heteroatoms. The third kappa shape index (κ3) is 5.69. The van der Waals surface area contributed by atoms with Gasteiger partial charge in [-0.05, 0) is 54.8 Å². The van der Waals surface area contributed by atoms with Crippen molar-refractivity contribution in [3.63, 3.8) is 0 Å². The van der Waals surface area contributed by atoms with E-state index in [-0.39, 0.29) is 18.4 Å². The third-order valence-electron chi connectivity index (χ3n) is 4.48. The van der Waals surface area contributed by atoms with Crippen LogP contribution in [0.3, 0.4) is 0 Å². The Hall–Kier alpha value is -3.60. The highest BCUT2D eigenvalue weighted by Gasteiger charge is 2.09. The summed E-state index contributed by atoms with van der Waals surface area (Å²) in [4.78, 5) is 24.4. The average Bonchev–Trinajstić information content (AvgIpc) is 2.73. The highest BCUT2D eigenvalue weighted by Crippen LogP contribution is 2.22. The molecule has 5 nitrogen and oxygen atoms in total. The minimum Gasteiger partial charge on any atom is -0.483 e. The summed E-state index contributed by atoms with van der Waals surface area (Å²) in [7, 11) is 0. The molecule has 0 aliphatic rings. The van der Waals surface area contributed by atoms with Crippen molar-refractivity contribution < 1.29 is 14.3 Å². The minimum absolute atomic E-state index is 0.0784. The molecule has 3 rings (SSSR count). The molecule has 0 unspecified atom stereocenters. The Labute approximate surface area is 170 Å². The second-order valence-electron chi connectivity index (χ2n) is 6.80. The lowest BCUT2D eigenvalue weighted by Gasteiger charge is -2.12. The molecule has 0 spiro atoms. The molecule has 29 heavy (non-hydrogen) atoms. The van der Waals surface area contributed by atoms with E-state index >= 15 is 0 Å². The number of anilines is 1. The number of ether oxygens (including phenoxy) is 1. The average molecular weight is 388 g/mol. The van der Waals surface area contributed by atoms with Crippen LogP contribution in [0.1, 0.15) is 27.0 Å². The van der Waals surface area contributed by atoms with Gasteiger partial charge in [-0.25, -0.2) is 0 Å². The largest absolute Gasteiger partial charge is 0.483 e. The molecule has 3 aromatic rings. The van der Waals surface area contributed by atoms with Gasteiger partial charge in [0.25, 0.3) is 11.8 Å². The quantitative estimate of drug-likeness (QED) is 0.636. The van der Waals surface area contributed by atoms with Crippen LogP contribution in [0.25, 0.3) is 0 Å². The molecule has 0 fully saturated rings. The summed E-state index contributed by atoms with van der Waals surface area (Å²) in [5.74, 6) is 0.312. The molecule has 2 N–H and O–H groups in total. The van der Waals surface area contributed by atoms with Crippen LogP contribution in [0, 0.1) is 13.8 Å². The summed E-state index contributed by atoms with van der Waals surface area (Å²) in [6.45, 7) is 4.28. The second kappa shape index (κ2) is 9.55. The normalized spacial score (nSPS) is 10.3. The van der Waals surface area contributed by atoms with Crippen molar-refractivity contribution in [1.82, 2.24) is 5.32 Å². The van der Waals surface area contributed by atoms with Crippen LogP contribution in [0.4, 0.5) is 5.69 Å². The Morgan fingerprint density at radius 3 is 2.14 bits per heavy atom. The van der Waals surface area contributed by atoms with Crippen molar-refractivity contribution >= 4 is 17.5 Å². The van der Waals surface area contributed by atoms with E-state index in [0.29, 0.717) is 17.8 Å². The van der Waals surface area contributed by atoms with Crippen LogP contribution >= 0.6 is 0 Å². The van der Waals surface area contributed by atoms with Gasteiger partial charge >= 0.3 is 0 Å². The van der Waals surface area contributed by atoms with E-state index < -0.39 is 0 Å². The SMILES string of the molecule is Cc1cccc(C)c1OCC(=O)Nc1ccc(C(=O)NCc2ccccc2)cc1. The summed E-state index contributed by atoms with van der Waals surface area (Å²) >= 11 is 0. The molecule has 0 saturated carbocycles. The summed E-state index contributed by atoms with van der Waals surface area (Å²) in [6.07, 6.45) is 0. The topological polar surface area (TPSA) is 67.4 Å². The smallest absolute Gasteiger partial charge is 0.262 e. The number of hydrogen-bond acceptors (Lipinski definition) is 3. The number of hydrogen-bond donors (Lipinski definition) is 2. The van der Waals surface area contributed by atoms with E-state index in [1.165, 1.54) is 0 Å². The van der Waals surface area contributed by atoms with Crippen LogP contribution in [-0.2, 0) is 11.3 Å². The fraction of sp³-hybridized carbons (Fsp3) is 0.167. The first-order chi connectivity index (χ1) is 14.0. The zero-order valence-electron chi connectivity index (χ0n) is 16.6. The van der Waals surface area contributed by atoms with Gasteiger partial charge < -0.3 is 15.4 Å². The first kappa shape index (κ1) is 20.1. The number of nitrogens with one attached hydrogen (secondary N) is 2. The molecule has 0 aliphatic carbocycles. The highest BCUT2D eigenvalue weighted by atomic mass is 16.5. The first-order valence-electron chi connectivity index (χ1n) is 9.44. The number of rotatable bonds is 7. The van der Waals surface area contributed by atoms with Gasteiger partial charge in [-0.15, -0.1) is 0 Å². The second-order valence-corrected chi connectivity index (χ2v) is 6.80. The number of carbonyl (C=O) groups is 2. The van der Waals surface area contributed by atoms with E-state index in [1.54, 1.807) is 24.3 Å². The molecule has 0 heterocycles. The Kier molecular flexibility index (Phi) is 6.63. The van der Waals surface area contributed by atoms with Gasteiger partial charge in [0.05, 0.1) is 0 Å². The third-order valence-corrected chi connectivity index (χ3v) is 4.48. The highest BCUT2D eigenvalue weighted by molar-refractivity contribution is 5.96. The summed E-state index contributed by atoms with van der Waals surface area (Å²) in [5.41, 5.74) is 4.16. The lowest BCUT2D eigenvalue weighted by Crippen LogP contribution is -2.23. The lowest BCUT2D eigenvalue weighted by atomic mass is 10.1. The number of amides is 2. The number of benzene rings is 3. The van der Waals surface area contributed by atoms with E-state index in [0.717, 1.165) is 22.4 Å². The van der Waals surface area contributed by atoms with E-state index in [9.17, 15) is 9.59 Å². The Bertz CT molecular complexity index is 963. The Morgan fingerprint density at radius 1 is 0.828 bits per heavy atom.